The summed E-state index contributed by atoms with van der Waals surface area (Å²) in [5, 5.41) is 0.888. The SMILES string of the molecule is Cn1ccc2c(C(=O)OCCCn3ccccc3=O)cccc21. The second-order valence-corrected chi connectivity index (χ2v) is 5.39. The molecule has 5 heteroatoms. The lowest BCUT2D eigenvalue weighted by atomic mass is 10.1. The molecular weight excluding hydrogens is 292 g/mol. The number of nitrogens with zero attached hydrogens (tertiary/aromatic N) is 2. The van der Waals surface area contributed by atoms with Crippen LogP contribution in [0.15, 0.2) is 59.7 Å². The molecule has 0 unspecified atom stereocenters. The van der Waals surface area contributed by atoms with Gasteiger partial charge in [0.15, 0.2) is 0 Å². The van der Waals surface area contributed by atoms with Crippen molar-refractivity contribution in [2.75, 3.05) is 6.61 Å². The van der Waals surface area contributed by atoms with Crippen LogP contribution < -0.4 is 5.56 Å². The van der Waals surface area contributed by atoms with E-state index in [9.17, 15) is 9.59 Å². The van der Waals surface area contributed by atoms with Crippen LogP contribution in [0.1, 0.15) is 16.8 Å². The molecule has 2 aromatic heterocycles. The van der Waals surface area contributed by atoms with Crippen molar-refractivity contribution < 1.29 is 9.53 Å². The minimum Gasteiger partial charge on any atom is -0.462 e. The predicted octanol–water partition coefficient (Wildman–Crippen LogP) is 2.59. The Labute approximate surface area is 133 Å². The van der Waals surface area contributed by atoms with Gasteiger partial charge in [-0.15, -0.1) is 0 Å². The first-order chi connectivity index (χ1) is 11.2. The van der Waals surface area contributed by atoms with Gasteiger partial charge in [0, 0.05) is 43.0 Å². The molecule has 0 aliphatic heterocycles. The third-order valence-electron chi connectivity index (χ3n) is 3.82. The summed E-state index contributed by atoms with van der Waals surface area (Å²) < 4.78 is 8.91. The fourth-order valence-electron chi connectivity index (χ4n) is 2.60. The van der Waals surface area contributed by atoms with Gasteiger partial charge in [0.1, 0.15) is 0 Å². The number of esters is 1. The molecule has 0 fully saturated rings. The lowest BCUT2D eigenvalue weighted by Crippen LogP contribution is -2.19. The molecule has 0 N–H and O–H groups in total. The summed E-state index contributed by atoms with van der Waals surface area (Å²) in [5.41, 5.74) is 1.52. The van der Waals surface area contributed by atoms with Crippen LogP contribution in [-0.4, -0.2) is 21.7 Å². The molecular formula is C18H18N2O3. The first-order valence-electron chi connectivity index (χ1n) is 7.53. The number of pyridine rings is 1. The number of fused-ring (bicyclic) bond motifs is 1. The number of ether oxygens (including phenoxy) is 1. The van der Waals surface area contributed by atoms with Crippen LogP contribution in [0, 0.1) is 0 Å². The Bertz CT molecular complexity index is 892. The summed E-state index contributed by atoms with van der Waals surface area (Å²) in [6, 6.07) is 12.5. The van der Waals surface area contributed by atoms with E-state index in [0.29, 0.717) is 18.5 Å². The van der Waals surface area contributed by atoms with Crippen LogP contribution in [0.5, 0.6) is 0 Å². The van der Waals surface area contributed by atoms with Gasteiger partial charge in [-0.2, -0.15) is 0 Å². The zero-order valence-corrected chi connectivity index (χ0v) is 12.9. The first kappa shape index (κ1) is 15.1. The number of hydrogen-bond acceptors (Lipinski definition) is 3. The van der Waals surface area contributed by atoms with E-state index in [1.165, 1.54) is 6.07 Å². The summed E-state index contributed by atoms with van der Waals surface area (Å²) in [5.74, 6) is -0.331. The minimum absolute atomic E-state index is 0.0483. The van der Waals surface area contributed by atoms with E-state index in [0.717, 1.165) is 10.9 Å². The molecule has 0 bridgehead atoms. The minimum atomic E-state index is -0.331. The second kappa shape index (κ2) is 6.52. The van der Waals surface area contributed by atoms with E-state index >= 15 is 0 Å². The summed E-state index contributed by atoms with van der Waals surface area (Å²) in [4.78, 5) is 23.8. The van der Waals surface area contributed by atoms with Gasteiger partial charge >= 0.3 is 5.97 Å². The lowest BCUT2D eigenvalue weighted by Gasteiger charge is -2.07. The highest BCUT2D eigenvalue weighted by Crippen LogP contribution is 2.20. The van der Waals surface area contributed by atoms with Crippen molar-refractivity contribution in [1.29, 1.82) is 0 Å². The van der Waals surface area contributed by atoms with Gasteiger partial charge in [0.2, 0.25) is 5.56 Å². The van der Waals surface area contributed by atoms with Crippen molar-refractivity contribution in [3.8, 4) is 0 Å². The van der Waals surface area contributed by atoms with Gasteiger partial charge in [0.05, 0.1) is 12.2 Å². The maximum atomic E-state index is 12.2. The van der Waals surface area contributed by atoms with E-state index in [1.54, 1.807) is 22.9 Å². The molecule has 0 amide bonds. The van der Waals surface area contributed by atoms with Gasteiger partial charge in [-0.3, -0.25) is 4.79 Å². The maximum absolute atomic E-state index is 12.2. The lowest BCUT2D eigenvalue weighted by molar-refractivity contribution is 0.0498. The van der Waals surface area contributed by atoms with Gasteiger partial charge in [0.25, 0.3) is 0 Å². The highest BCUT2D eigenvalue weighted by molar-refractivity contribution is 6.03. The normalized spacial score (nSPS) is 10.8. The van der Waals surface area contributed by atoms with E-state index in [2.05, 4.69) is 0 Å². The average Bonchev–Trinajstić information content (AvgIpc) is 2.94. The zero-order valence-electron chi connectivity index (χ0n) is 12.9. The first-order valence-corrected chi connectivity index (χ1v) is 7.53. The van der Waals surface area contributed by atoms with E-state index in [4.69, 9.17) is 4.74 Å². The molecule has 0 atom stereocenters. The summed E-state index contributed by atoms with van der Waals surface area (Å²) in [6.45, 7) is 0.811. The molecule has 23 heavy (non-hydrogen) atoms. The number of hydrogen-bond donors (Lipinski definition) is 0. The van der Waals surface area contributed by atoms with Crippen LogP contribution in [0.25, 0.3) is 10.9 Å². The predicted molar refractivity (Wildman–Crippen MR) is 88.5 cm³/mol. The topological polar surface area (TPSA) is 53.2 Å². The molecule has 0 aliphatic carbocycles. The number of carbonyl (C=O) groups is 1. The second-order valence-electron chi connectivity index (χ2n) is 5.39. The molecule has 3 aromatic rings. The number of benzene rings is 1. The Kier molecular flexibility index (Phi) is 4.28. The average molecular weight is 310 g/mol. The van der Waals surface area contributed by atoms with Crippen molar-refractivity contribution in [2.45, 2.75) is 13.0 Å². The molecule has 0 spiro atoms. The molecule has 2 heterocycles. The number of carbonyl (C=O) groups excluding carboxylic acids is 1. The fraction of sp³-hybridized carbons (Fsp3) is 0.222. The number of rotatable bonds is 5. The van der Waals surface area contributed by atoms with Crippen molar-refractivity contribution in [3.05, 3.63) is 70.8 Å². The Hall–Kier alpha value is -2.82. The van der Waals surface area contributed by atoms with E-state index in [1.807, 2.05) is 42.1 Å². The maximum Gasteiger partial charge on any atom is 0.338 e. The van der Waals surface area contributed by atoms with Crippen molar-refractivity contribution in [2.24, 2.45) is 7.05 Å². The van der Waals surface area contributed by atoms with Crippen LogP contribution in [0.4, 0.5) is 0 Å². The molecule has 0 saturated carbocycles. The summed E-state index contributed by atoms with van der Waals surface area (Å²) in [7, 11) is 1.94. The van der Waals surface area contributed by atoms with Crippen LogP contribution >= 0.6 is 0 Å². The third kappa shape index (κ3) is 3.18. The largest absolute Gasteiger partial charge is 0.462 e. The zero-order chi connectivity index (χ0) is 16.2. The van der Waals surface area contributed by atoms with Crippen molar-refractivity contribution in [1.82, 2.24) is 9.13 Å². The highest BCUT2D eigenvalue weighted by atomic mass is 16.5. The molecule has 0 aliphatic rings. The summed E-state index contributed by atoms with van der Waals surface area (Å²) >= 11 is 0. The van der Waals surface area contributed by atoms with Crippen LogP contribution in [0.2, 0.25) is 0 Å². The van der Waals surface area contributed by atoms with E-state index in [-0.39, 0.29) is 18.1 Å². The molecule has 3 rings (SSSR count). The monoisotopic (exact) mass is 310 g/mol. The molecule has 1 aromatic carbocycles. The quantitative estimate of drug-likeness (QED) is 0.537. The molecule has 0 saturated heterocycles. The third-order valence-corrected chi connectivity index (χ3v) is 3.82. The van der Waals surface area contributed by atoms with Gasteiger partial charge in [-0.05, 0) is 30.7 Å². The Morgan fingerprint density at radius 1 is 1.09 bits per heavy atom. The Balaban J connectivity index is 1.61. The fourth-order valence-corrected chi connectivity index (χ4v) is 2.60. The standard InChI is InChI=1S/C18H18N2O3/c1-19-12-9-14-15(6-4-7-16(14)19)18(22)23-13-5-11-20-10-3-2-8-17(20)21/h2-4,6-10,12H,5,11,13H2,1H3. The highest BCUT2D eigenvalue weighted by Gasteiger charge is 2.12. The molecule has 118 valence electrons. The van der Waals surface area contributed by atoms with Crippen molar-refractivity contribution in [3.63, 3.8) is 0 Å². The van der Waals surface area contributed by atoms with Gasteiger partial charge < -0.3 is 13.9 Å². The van der Waals surface area contributed by atoms with Crippen LogP contribution in [0.3, 0.4) is 0 Å². The Morgan fingerprint density at radius 2 is 1.96 bits per heavy atom. The Morgan fingerprint density at radius 3 is 2.78 bits per heavy atom. The van der Waals surface area contributed by atoms with Crippen LogP contribution in [-0.2, 0) is 18.3 Å². The molecule has 5 nitrogen and oxygen atoms in total. The number of aryl methyl sites for hydroxylation is 2. The van der Waals surface area contributed by atoms with Crippen molar-refractivity contribution >= 4 is 16.9 Å². The molecule has 0 radical (unpaired) electrons. The van der Waals surface area contributed by atoms with Gasteiger partial charge in [-0.1, -0.05) is 12.1 Å². The number of aromatic nitrogens is 2. The summed E-state index contributed by atoms with van der Waals surface area (Å²) in [6.07, 6.45) is 4.25. The van der Waals surface area contributed by atoms with E-state index < -0.39 is 0 Å². The van der Waals surface area contributed by atoms with Gasteiger partial charge in [-0.25, -0.2) is 4.79 Å². The smallest absolute Gasteiger partial charge is 0.338 e.